The van der Waals surface area contributed by atoms with Crippen LogP contribution in [0.1, 0.15) is 44.9 Å². The molecule has 0 amide bonds. The second-order valence-corrected chi connectivity index (χ2v) is 6.23. The van der Waals surface area contributed by atoms with E-state index in [0.717, 1.165) is 17.1 Å². The predicted molar refractivity (Wildman–Crippen MR) is 69.6 cm³/mol. The Labute approximate surface area is 106 Å². The molecule has 2 rings (SSSR count). The number of hydrogen-bond acceptors (Lipinski definition) is 2. The lowest BCUT2D eigenvalue weighted by molar-refractivity contribution is -0.0496. The number of hydrogen-bond donors (Lipinski definition) is 0. The average Bonchev–Trinajstić information content (AvgIpc) is 2.17. The molecule has 2 unspecified atom stereocenters. The lowest BCUT2D eigenvalue weighted by Crippen LogP contribution is -2.30. The second kappa shape index (κ2) is 6.40. The normalized spacial score (nSPS) is 32.6. The first-order valence-electron chi connectivity index (χ1n) is 6.23. The third kappa shape index (κ3) is 3.86. The monoisotopic (exact) mass is 324 g/mol. The van der Waals surface area contributed by atoms with Gasteiger partial charge in [0.15, 0.2) is 0 Å². The number of alkyl halides is 1. The summed E-state index contributed by atoms with van der Waals surface area (Å²) in [5.74, 6) is 0. The SMILES string of the molecule is IC1CCCCC1OCCOC1CCC1. The number of halogens is 1. The standard InChI is InChI=1S/C12H21IO2/c13-11-6-1-2-7-12(11)15-9-8-14-10-4-3-5-10/h10-12H,1-9H2. The second-order valence-electron chi connectivity index (χ2n) is 4.63. The fourth-order valence-electron chi connectivity index (χ4n) is 2.19. The van der Waals surface area contributed by atoms with Crippen LogP contribution in [0.25, 0.3) is 0 Å². The molecule has 0 radical (unpaired) electrons. The highest BCUT2D eigenvalue weighted by Gasteiger charge is 2.23. The summed E-state index contributed by atoms with van der Waals surface area (Å²) >= 11 is 2.54. The van der Waals surface area contributed by atoms with Gasteiger partial charge in [0.05, 0.1) is 25.4 Å². The molecule has 0 aromatic heterocycles. The maximum Gasteiger partial charge on any atom is 0.0704 e. The van der Waals surface area contributed by atoms with E-state index in [1.54, 1.807) is 0 Å². The summed E-state index contributed by atoms with van der Waals surface area (Å²) in [7, 11) is 0. The van der Waals surface area contributed by atoms with Crippen molar-refractivity contribution in [3.05, 3.63) is 0 Å². The Kier molecular flexibility index (Phi) is 5.17. The molecule has 0 aliphatic heterocycles. The van der Waals surface area contributed by atoms with E-state index in [9.17, 15) is 0 Å². The van der Waals surface area contributed by atoms with Gasteiger partial charge in [0.2, 0.25) is 0 Å². The van der Waals surface area contributed by atoms with E-state index in [2.05, 4.69) is 22.6 Å². The lowest BCUT2D eigenvalue weighted by atomic mass is 9.96. The molecule has 0 aromatic carbocycles. The summed E-state index contributed by atoms with van der Waals surface area (Å²) in [5, 5.41) is 0. The minimum absolute atomic E-state index is 0.490. The van der Waals surface area contributed by atoms with Crippen LogP contribution < -0.4 is 0 Å². The van der Waals surface area contributed by atoms with Gasteiger partial charge in [0.25, 0.3) is 0 Å². The first-order valence-corrected chi connectivity index (χ1v) is 7.48. The molecule has 3 heteroatoms. The maximum atomic E-state index is 5.88. The molecule has 2 nitrogen and oxygen atoms in total. The van der Waals surface area contributed by atoms with E-state index < -0.39 is 0 Å². The van der Waals surface area contributed by atoms with Crippen molar-refractivity contribution in [2.24, 2.45) is 0 Å². The zero-order chi connectivity index (χ0) is 10.5. The molecule has 0 bridgehead atoms. The topological polar surface area (TPSA) is 18.5 Å². The highest BCUT2D eigenvalue weighted by Crippen LogP contribution is 2.27. The van der Waals surface area contributed by atoms with Gasteiger partial charge in [-0.25, -0.2) is 0 Å². The zero-order valence-corrected chi connectivity index (χ0v) is 11.4. The summed E-state index contributed by atoms with van der Waals surface area (Å²) in [6.45, 7) is 1.59. The zero-order valence-electron chi connectivity index (χ0n) is 9.29. The molecular formula is C12H21IO2. The summed E-state index contributed by atoms with van der Waals surface area (Å²) < 4.78 is 12.3. The molecule has 2 aliphatic rings. The fraction of sp³-hybridized carbons (Fsp3) is 1.00. The quantitative estimate of drug-likeness (QED) is 0.439. The van der Waals surface area contributed by atoms with Gasteiger partial charge in [-0.1, -0.05) is 35.4 Å². The molecule has 2 fully saturated rings. The largest absolute Gasteiger partial charge is 0.376 e. The highest BCUT2D eigenvalue weighted by molar-refractivity contribution is 14.1. The average molecular weight is 324 g/mol. The summed E-state index contributed by atoms with van der Waals surface area (Å²) in [4.78, 5) is 0. The Morgan fingerprint density at radius 2 is 1.60 bits per heavy atom. The molecular weight excluding hydrogens is 303 g/mol. The third-order valence-corrected chi connectivity index (χ3v) is 4.87. The van der Waals surface area contributed by atoms with Crippen LogP contribution in [-0.2, 0) is 9.47 Å². The smallest absolute Gasteiger partial charge is 0.0704 e. The molecule has 0 spiro atoms. The van der Waals surface area contributed by atoms with Crippen LogP contribution >= 0.6 is 22.6 Å². The van der Waals surface area contributed by atoms with Crippen molar-refractivity contribution < 1.29 is 9.47 Å². The maximum absolute atomic E-state index is 5.88. The van der Waals surface area contributed by atoms with Crippen molar-refractivity contribution in [2.75, 3.05) is 13.2 Å². The van der Waals surface area contributed by atoms with Crippen molar-refractivity contribution in [2.45, 2.75) is 61.1 Å². The van der Waals surface area contributed by atoms with Crippen LogP contribution in [0, 0.1) is 0 Å². The van der Waals surface area contributed by atoms with E-state index >= 15 is 0 Å². The Bertz CT molecular complexity index is 182. The van der Waals surface area contributed by atoms with Crippen LogP contribution in [0.3, 0.4) is 0 Å². The van der Waals surface area contributed by atoms with E-state index in [1.165, 1.54) is 44.9 Å². The predicted octanol–water partition coefficient (Wildman–Crippen LogP) is 3.32. The van der Waals surface area contributed by atoms with Crippen LogP contribution in [-0.4, -0.2) is 29.3 Å². The minimum Gasteiger partial charge on any atom is -0.376 e. The van der Waals surface area contributed by atoms with Crippen LogP contribution in [0.4, 0.5) is 0 Å². The third-order valence-electron chi connectivity index (χ3n) is 3.44. The molecule has 0 aromatic rings. The van der Waals surface area contributed by atoms with Crippen LogP contribution in [0.5, 0.6) is 0 Å². The molecule has 15 heavy (non-hydrogen) atoms. The summed E-state index contributed by atoms with van der Waals surface area (Å²) in [5.41, 5.74) is 0. The molecule has 2 atom stereocenters. The van der Waals surface area contributed by atoms with Crippen molar-refractivity contribution >= 4 is 22.6 Å². The Morgan fingerprint density at radius 3 is 2.27 bits per heavy atom. The fourth-order valence-corrected chi connectivity index (χ4v) is 3.20. The van der Waals surface area contributed by atoms with Gasteiger partial charge < -0.3 is 9.47 Å². The molecule has 2 saturated carbocycles. The number of ether oxygens (including phenoxy) is 2. The van der Waals surface area contributed by atoms with E-state index in [-0.39, 0.29) is 0 Å². The van der Waals surface area contributed by atoms with Crippen LogP contribution in [0.2, 0.25) is 0 Å². The minimum atomic E-state index is 0.490. The van der Waals surface area contributed by atoms with E-state index in [4.69, 9.17) is 9.47 Å². The highest BCUT2D eigenvalue weighted by atomic mass is 127. The van der Waals surface area contributed by atoms with Gasteiger partial charge in [-0.2, -0.15) is 0 Å². The van der Waals surface area contributed by atoms with E-state index in [0.29, 0.717) is 12.2 Å². The van der Waals surface area contributed by atoms with Gasteiger partial charge in [-0.05, 0) is 32.1 Å². The number of rotatable bonds is 5. The Morgan fingerprint density at radius 1 is 0.867 bits per heavy atom. The molecule has 2 aliphatic carbocycles. The first kappa shape index (κ1) is 12.1. The van der Waals surface area contributed by atoms with Gasteiger partial charge in [-0.15, -0.1) is 0 Å². The van der Waals surface area contributed by atoms with Crippen molar-refractivity contribution in [1.82, 2.24) is 0 Å². The van der Waals surface area contributed by atoms with Crippen molar-refractivity contribution in [1.29, 1.82) is 0 Å². The molecule has 0 N–H and O–H groups in total. The lowest BCUT2D eigenvalue weighted by Gasteiger charge is -2.29. The van der Waals surface area contributed by atoms with Crippen molar-refractivity contribution in [3.63, 3.8) is 0 Å². The van der Waals surface area contributed by atoms with Crippen LogP contribution in [0.15, 0.2) is 0 Å². The van der Waals surface area contributed by atoms with Crippen molar-refractivity contribution in [3.8, 4) is 0 Å². The van der Waals surface area contributed by atoms with Gasteiger partial charge >= 0.3 is 0 Å². The van der Waals surface area contributed by atoms with E-state index in [1.807, 2.05) is 0 Å². The molecule has 88 valence electrons. The van der Waals surface area contributed by atoms with Gasteiger partial charge in [0.1, 0.15) is 0 Å². The Hall–Kier alpha value is 0.650. The summed E-state index contributed by atoms with van der Waals surface area (Å²) in [6.07, 6.45) is 10.2. The van der Waals surface area contributed by atoms with Gasteiger partial charge in [0, 0.05) is 3.92 Å². The van der Waals surface area contributed by atoms with Gasteiger partial charge in [-0.3, -0.25) is 0 Å². The summed E-state index contributed by atoms with van der Waals surface area (Å²) in [6, 6.07) is 0. The Balaban J connectivity index is 1.52. The molecule has 0 heterocycles. The first-order chi connectivity index (χ1) is 7.36. The molecule has 0 saturated heterocycles.